The van der Waals surface area contributed by atoms with Gasteiger partial charge in [0.1, 0.15) is 12.1 Å². The Morgan fingerprint density at radius 2 is 2.03 bits per heavy atom. The van der Waals surface area contributed by atoms with Crippen molar-refractivity contribution >= 4 is 17.8 Å². The van der Waals surface area contributed by atoms with Crippen molar-refractivity contribution in [1.82, 2.24) is 10.2 Å². The number of ether oxygens (including phenoxy) is 1. The van der Waals surface area contributed by atoms with Crippen molar-refractivity contribution in [3.05, 3.63) is 35.4 Å². The largest absolute Gasteiger partial charge is 0.480 e. The first-order chi connectivity index (χ1) is 16.7. The summed E-state index contributed by atoms with van der Waals surface area (Å²) in [5.74, 6) is -1.16. The fourth-order valence-electron chi connectivity index (χ4n) is 5.95. The molecule has 35 heavy (non-hydrogen) atoms. The number of esters is 1. The molecule has 0 unspecified atom stereocenters. The molecule has 8 nitrogen and oxygen atoms in total. The maximum atomic E-state index is 13.6. The minimum Gasteiger partial charge on any atom is -0.480 e. The molecule has 8 heteroatoms. The maximum Gasteiger partial charge on any atom is 0.326 e. The fraction of sp³-hybridized carbons (Fsp3) is 0.667. The number of carboxylic acid groups (broad SMARTS) is 1. The van der Waals surface area contributed by atoms with Gasteiger partial charge >= 0.3 is 11.9 Å². The summed E-state index contributed by atoms with van der Waals surface area (Å²) in [6, 6.07) is 6.09. The van der Waals surface area contributed by atoms with Crippen LogP contribution in [0, 0.1) is 5.92 Å². The van der Waals surface area contributed by atoms with Gasteiger partial charge in [0, 0.05) is 0 Å². The number of rotatable bonds is 10. The lowest BCUT2D eigenvalue weighted by atomic mass is 9.80. The summed E-state index contributed by atoms with van der Waals surface area (Å²) in [6.07, 6.45) is 7.28. The molecule has 0 aromatic heterocycles. The SMILES string of the molecule is CCOC(=O)[C@H](CCc1cccc(C2CC2)c1)N[C@@H](C)C(=O)N1[C@H](C(=O)O)C[C@H]2CCCC[C@@]21N. The van der Waals surface area contributed by atoms with Gasteiger partial charge in [-0.25, -0.2) is 4.79 Å². The quantitative estimate of drug-likeness (QED) is 0.436. The number of nitrogens with two attached hydrogens (primary N) is 1. The molecule has 1 aromatic carbocycles. The smallest absolute Gasteiger partial charge is 0.326 e. The van der Waals surface area contributed by atoms with Gasteiger partial charge in [-0.05, 0) is 88.2 Å². The molecule has 1 amide bonds. The Bertz CT molecular complexity index is 948. The molecule has 3 aliphatic rings. The lowest BCUT2D eigenvalue weighted by Gasteiger charge is -2.44. The predicted octanol–water partition coefficient (Wildman–Crippen LogP) is 2.94. The summed E-state index contributed by atoms with van der Waals surface area (Å²) in [6.45, 7) is 3.68. The van der Waals surface area contributed by atoms with Crippen molar-refractivity contribution in [3.63, 3.8) is 0 Å². The molecule has 2 saturated carbocycles. The van der Waals surface area contributed by atoms with Gasteiger partial charge in [0.2, 0.25) is 5.91 Å². The highest BCUT2D eigenvalue weighted by Crippen LogP contribution is 2.45. The minimum atomic E-state index is -1.03. The molecule has 192 valence electrons. The molecular weight excluding hydrogens is 446 g/mol. The van der Waals surface area contributed by atoms with Crippen LogP contribution < -0.4 is 11.1 Å². The van der Waals surface area contributed by atoms with Gasteiger partial charge in [0.15, 0.2) is 0 Å². The van der Waals surface area contributed by atoms with E-state index in [-0.39, 0.29) is 18.4 Å². The van der Waals surface area contributed by atoms with Crippen molar-refractivity contribution in [1.29, 1.82) is 0 Å². The first-order valence-electron chi connectivity index (χ1n) is 13.1. The normalized spacial score (nSPS) is 27.7. The van der Waals surface area contributed by atoms with Gasteiger partial charge in [-0.3, -0.25) is 14.9 Å². The number of nitrogens with one attached hydrogen (secondary N) is 1. The van der Waals surface area contributed by atoms with Gasteiger partial charge in [-0.2, -0.15) is 0 Å². The van der Waals surface area contributed by atoms with E-state index in [1.54, 1.807) is 13.8 Å². The molecule has 0 spiro atoms. The number of hydrogen-bond donors (Lipinski definition) is 3. The van der Waals surface area contributed by atoms with E-state index >= 15 is 0 Å². The van der Waals surface area contributed by atoms with Crippen LogP contribution in [0.25, 0.3) is 0 Å². The number of aryl methyl sites for hydroxylation is 1. The number of amides is 1. The number of fused-ring (bicyclic) bond motifs is 1. The van der Waals surface area contributed by atoms with E-state index in [2.05, 4.69) is 29.6 Å². The van der Waals surface area contributed by atoms with Crippen LogP contribution in [-0.2, 0) is 25.5 Å². The van der Waals surface area contributed by atoms with Gasteiger partial charge in [-0.15, -0.1) is 0 Å². The molecular formula is C27H39N3O5. The second-order valence-corrected chi connectivity index (χ2v) is 10.5. The Labute approximate surface area is 207 Å². The van der Waals surface area contributed by atoms with Crippen molar-refractivity contribution in [2.75, 3.05) is 6.61 Å². The maximum absolute atomic E-state index is 13.6. The lowest BCUT2D eigenvalue weighted by Crippen LogP contribution is -2.65. The molecule has 1 aliphatic heterocycles. The van der Waals surface area contributed by atoms with E-state index in [4.69, 9.17) is 10.5 Å². The van der Waals surface area contributed by atoms with Crippen LogP contribution in [0.5, 0.6) is 0 Å². The number of benzene rings is 1. The van der Waals surface area contributed by atoms with Crippen LogP contribution >= 0.6 is 0 Å². The Kier molecular flexibility index (Phi) is 7.81. The standard InChI is InChI=1S/C27H39N3O5/c1-3-35-26(34)22(13-10-18-7-6-8-20(15-18)19-11-12-19)29-17(2)24(31)30-23(25(32)33)16-21-9-4-5-14-27(21,30)28/h6-8,15,17,19,21-23,29H,3-5,9-14,16,28H2,1-2H3,(H,32,33)/t17-,21+,22-,23-,27-/m0/s1. The van der Waals surface area contributed by atoms with E-state index in [0.29, 0.717) is 31.6 Å². The van der Waals surface area contributed by atoms with Gasteiger partial charge < -0.3 is 20.5 Å². The first kappa shape index (κ1) is 25.6. The van der Waals surface area contributed by atoms with E-state index in [0.717, 1.165) is 24.8 Å². The fourth-order valence-corrected chi connectivity index (χ4v) is 5.95. The first-order valence-corrected chi connectivity index (χ1v) is 13.1. The summed E-state index contributed by atoms with van der Waals surface area (Å²) >= 11 is 0. The number of aliphatic carboxylic acids is 1. The third-order valence-corrected chi connectivity index (χ3v) is 7.99. The molecule has 0 bridgehead atoms. The second kappa shape index (κ2) is 10.7. The lowest BCUT2D eigenvalue weighted by molar-refractivity contribution is -0.155. The van der Waals surface area contributed by atoms with E-state index in [1.165, 1.54) is 23.3 Å². The molecule has 3 fully saturated rings. The third kappa shape index (κ3) is 5.54. The minimum absolute atomic E-state index is 0.0203. The summed E-state index contributed by atoms with van der Waals surface area (Å²) in [5, 5.41) is 13.0. The zero-order valence-corrected chi connectivity index (χ0v) is 20.9. The summed E-state index contributed by atoms with van der Waals surface area (Å²) in [5.41, 5.74) is 8.26. The summed E-state index contributed by atoms with van der Waals surface area (Å²) in [7, 11) is 0. The number of carbonyl (C=O) groups excluding carboxylic acids is 2. The molecule has 2 aliphatic carbocycles. The van der Waals surface area contributed by atoms with Crippen LogP contribution in [0.15, 0.2) is 24.3 Å². The van der Waals surface area contributed by atoms with E-state index < -0.39 is 35.7 Å². The summed E-state index contributed by atoms with van der Waals surface area (Å²) < 4.78 is 5.29. The Morgan fingerprint density at radius 1 is 1.26 bits per heavy atom. The molecule has 0 radical (unpaired) electrons. The van der Waals surface area contributed by atoms with Crippen molar-refractivity contribution in [2.45, 2.75) is 101 Å². The van der Waals surface area contributed by atoms with Crippen LogP contribution in [0.3, 0.4) is 0 Å². The van der Waals surface area contributed by atoms with Crippen molar-refractivity contribution in [3.8, 4) is 0 Å². The van der Waals surface area contributed by atoms with Crippen molar-refractivity contribution < 1.29 is 24.2 Å². The van der Waals surface area contributed by atoms with Crippen molar-refractivity contribution in [2.24, 2.45) is 11.7 Å². The van der Waals surface area contributed by atoms with Gasteiger partial charge in [0.25, 0.3) is 0 Å². The molecule has 4 N–H and O–H groups in total. The highest BCUT2D eigenvalue weighted by atomic mass is 16.5. The highest BCUT2D eigenvalue weighted by Gasteiger charge is 2.56. The zero-order chi connectivity index (χ0) is 25.2. The van der Waals surface area contributed by atoms with Gasteiger partial charge in [0.05, 0.1) is 18.3 Å². The Morgan fingerprint density at radius 3 is 2.71 bits per heavy atom. The number of carboxylic acids is 1. The second-order valence-electron chi connectivity index (χ2n) is 10.5. The molecule has 5 atom stereocenters. The van der Waals surface area contributed by atoms with Crippen LogP contribution in [0.1, 0.15) is 82.3 Å². The average Bonchev–Trinajstić information content (AvgIpc) is 3.63. The number of nitrogens with zero attached hydrogens (tertiary/aromatic N) is 1. The number of carbonyl (C=O) groups is 3. The number of likely N-dealkylation sites (tertiary alicyclic amines) is 1. The monoisotopic (exact) mass is 485 g/mol. The van der Waals surface area contributed by atoms with E-state index in [9.17, 15) is 19.5 Å². The molecule has 1 aromatic rings. The van der Waals surface area contributed by atoms with E-state index in [1.807, 2.05) is 0 Å². The molecule has 1 heterocycles. The third-order valence-electron chi connectivity index (χ3n) is 7.99. The molecule has 4 rings (SSSR count). The number of hydrogen-bond acceptors (Lipinski definition) is 6. The van der Waals surface area contributed by atoms with Crippen LogP contribution in [0.4, 0.5) is 0 Å². The summed E-state index contributed by atoms with van der Waals surface area (Å²) in [4.78, 5) is 39.8. The topological polar surface area (TPSA) is 122 Å². The Hall–Kier alpha value is -2.45. The predicted molar refractivity (Wildman–Crippen MR) is 132 cm³/mol. The average molecular weight is 486 g/mol. The highest BCUT2D eigenvalue weighted by molar-refractivity contribution is 5.89. The molecule has 1 saturated heterocycles. The van der Waals surface area contributed by atoms with Gasteiger partial charge in [-0.1, -0.05) is 30.7 Å². The van der Waals surface area contributed by atoms with Crippen LogP contribution in [-0.4, -0.2) is 58.2 Å². The van der Waals surface area contributed by atoms with Crippen LogP contribution in [0.2, 0.25) is 0 Å². The zero-order valence-electron chi connectivity index (χ0n) is 20.9. The Balaban J connectivity index is 1.46.